The van der Waals surface area contributed by atoms with E-state index in [-0.39, 0.29) is 46.5 Å². The van der Waals surface area contributed by atoms with Gasteiger partial charge in [-0.3, -0.25) is 15.2 Å². The van der Waals surface area contributed by atoms with Crippen molar-refractivity contribution in [3.05, 3.63) is 53.2 Å². The lowest BCUT2D eigenvalue weighted by Crippen LogP contribution is -2.29. The van der Waals surface area contributed by atoms with E-state index in [1.54, 1.807) is 30.3 Å². The number of anilines is 1. The number of aromatic nitrogens is 3. The molecular formula is C19H25N11O2. The number of aliphatic hydroxyl groups excluding tert-OH is 1. The molecule has 0 bridgehead atoms. The quantitative estimate of drug-likeness (QED) is 0.160. The Labute approximate surface area is 183 Å². The molecule has 0 aromatic carbocycles. The highest BCUT2D eigenvalue weighted by Crippen LogP contribution is 2.19. The highest BCUT2D eigenvalue weighted by Gasteiger charge is 2.19. The van der Waals surface area contributed by atoms with Gasteiger partial charge in [0.1, 0.15) is 17.1 Å². The minimum absolute atomic E-state index is 0.0579. The molecule has 0 aliphatic carbocycles. The van der Waals surface area contributed by atoms with Gasteiger partial charge in [-0.25, -0.2) is 15.0 Å². The number of imidazole rings is 1. The first-order valence-corrected chi connectivity index (χ1v) is 9.32. The number of amidine groups is 2. The van der Waals surface area contributed by atoms with Crippen LogP contribution in [0.25, 0.3) is 0 Å². The van der Waals surface area contributed by atoms with E-state index in [1.807, 2.05) is 0 Å². The predicted octanol–water partition coefficient (Wildman–Crippen LogP) is -0.0117. The van der Waals surface area contributed by atoms with Gasteiger partial charge >= 0.3 is 0 Å². The second-order valence-corrected chi connectivity index (χ2v) is 6.48. The Balaban J connectivity index is 2.47. The van der Waals surface area contributed by atoms with Crippen LogP contribution in [0.15, 0.2) is 46.2 Å². The number of amides is 1. The number of carbonyl (C=O) groups excluding carboxylic acids is 1. The summed E-state index contributed by atoms with van der Waals surface area (Å²) in [5, 5.41) is 29.2. The zero-order valence-corrected chi connectivity index (χ0v) is 17.6. The average Bonchev–Trinajstić information content (AvgIpc) is 3.28. The van der Waals surface area contributed by atoms with Crippen LogP contribution >= 0.6 is 0 Å². The Morgan fingerprint density at radius 3 is 2.62 bits per heavy atom. The number of carbonyl (C=O) groups is 1. The molecule has 2 heterocycles. The van der Waals surface area contributed by atoms with Crippen molar-refractivity contribution in [2.75, 3.05) is 18.9 Å². The van der Waals surface area contributed by atoms with Crippen molar-refractivity contribution in [2.45, 2.75) is 13.5 Å². The third kappa shape index (κ3) is 5.53. The van der Waals surface area contributed by atoms with Crippen molar-refractivity contribution in [1.82, 2.24) is 14.5 Å². The molecule has 32 heavy (non-hydrogen) atoms. The summed E-state index contributed by atoms with van der Waals surface area (Å²) in [6.45, 7) is 2.14. The lowest BCUT2D eigenvalue weighted by molar-refractivity contribution is 0.0995. The molecule has 0 saturated carbocycles. The van der Waals surface area contributed by atoms with E-state index < -0.39 is 11.7 Å². The maximum Gasteiger partial charge on any atom is 0.267 e. The summed E-state index contributed by atoms with van der Waals surface area (Å²) < 4.78 is 1.78. The van der Waals surface area contributed by atoms with Crippen molar-refractivity contribution >= 4 is 35.2 Å². The van der Waals surface area contributed by atoms with Gasteiger partial charge in [-0.05, 0) is 13.0 Å². The molecule has 0 saturated heterocycles. The molecule has 0 atom stereocenters. The van der Waals surface area contributed by atoms with Crippen LogP contribution in [0.4, 0.5) is 5.69 Å². The Hall–Kier alpha value is -4.55. The summed E-state index contributed by atoms with van der Waals surface area (Å²) in [4.78, 5) is 27.8. The molecule has 2 aromatic rings. The summed E-state index contributed by atoms with van der Waals surface area (Å²) in [6.07, 6.45) is 5.95. The fourth-order valence-electron chi connectivity index (χ4n) is 2.60. The van der Waals surface area contributed by atoms with E-state index in [4.69, 9.17) is 28.0 Å². The zero-order valence-electron chi connectivity index (χ0n) is 17.6. The first kappa shape index (κ1) is 23.7. The van der Waals surface area contributed by atoms with Gasteiger partial charge in [-0.2, -0.15) is 0 Å². The fraction of sp³-hybridized carbons (Fsp3) is 0.211. The van der Waals surface area contributed by atoms with Crippen LogP contribution in [0.1, 0.15) is 28.7 Å². The minimum Gasteiger partial charge on any atom is -0.504 e. The number of nitrogens with two attached hydrogens (primary N) is 3. The maximum atomic E-state index is 11.6. The van der Waals surface area contributed by atoms with Gasteiger partial charge in [0.15, 0.2) is 17.4 Å². The number of hydrogen-bond donors (Lipinski definition) is 7. The summed E-state index contributed by atoms with van der Waals surface area (Å²) in [7, 11) is 1.58. The maximum absolute atomic E-state index is 11.6. The third-order valence-electron chi connectivity index (χ3n) is 4.21. The number of aliphatic hydroxyl groups is 1. The first-order chi connectivity index (χ1) is 15.2. The molecule has 0 spiro atoms. The second kappa shape index (κ2) is 10.5. The van der Waals surface area contributed by atoms with Crippen molar-refractivity contribution < 1.29 is 9.90 Å². The van der Waals surface area contributed by atoms with Crippen LogP contribution in [0.3, 0.4) is 0 Å². The summed E-state index contributed by atoms with van der Waals surface area (Å²) in [6, 6.07) is 1.36. The number of hydrogen-bond acceptors (Lipinski definition) is 9. The normalized spacial score (nSPS) is 12.8. The molecule has 13 heteroatoms. The van der Waals surface area contributed by atoms with E-state index in [9.17, 15) is 9.90 Å². The molecular weight excluding hydrogens is 414 g/mol. The van der Waals surface area contributed by atoms with Crippen LogP contribution < -0.4 is 22.5 Å². The SMILES string of the molecule is CNc1cc(C(N)=O)nc(C(=N)N=C(N)C(=NCCn2ccnc2)/C(O)=C(/C)N)c1C=N. The Morgan fingerprint density at radius 2 is 2.09 bits per heavy atom. The largest absolute Gasteiger partial charge is 0.504 e. The van der Waals surface area contributed by atoms with Crippen molar-refractivity contribution in [1.29, 1.82) is 10.8 Å². The monoisotopic (exact) mass is 439 g/mol. The average molecular weight is 439 g/mol. The fourth-order valence-corrected chi connectivity index (χ4v) is 2.60. The number of primary amides is 1. The topological polar surface area (TPSA) is 231 Å². The van der Waals surface area contributed by atoms with Gasteiger partial charge in [0, 0.05) is 49.1 Å². The number of nitrogens with one attached hydrogen (secondary N) is 3. The van der Waals surface area contributed by atoms with Crippen molar-refractivity contribution in [3.63, 3.8) is 0 Å². The van der Waals surface area contributed by atoms with Crippen molar-refractivity contribution in [2.24, 2.45) is 27.2 Å². The molecule has 0 aliphatic heterocycles. The van der Waals surface area contributed by atoms with E-state index in [2.05, 4.69) is 25.3 Å². The molecule has 168 valence electrons. The molecule has 1 amide bonds. The van der Waals surface area contributed by atoms with Gasteiger partial charge in [0.05, 0.1) is 12.9 Å². The third-order valence-corrected chi connectivity index (χ3v) is 4.21. The lowest BCUT2D eigenvalue weighted by Gasteiger charge is -2.12. The molecule has 0 radical (unpaired) electrons. The number of nitrogens with zero attached hydrogens (tertiary/aromatic N) is 5. The molecule has 10 N–H and O–H groups in total. The number of rotatable bonds is 9. The van der Waals surface area contributed by atoms with Gasteiger partial charge < -0.3 is 37.6 Å². The van der Waals surface area contributed by atoms with Gasteiger partial charge in [0.2, 0.25) is 0 Å². The smallest absolute Gasteiger partial charge is 0.267 e. The second-order valence-electron chi connectivity index (χ2n) is 6.48. The summed E-state index contributed by atoms with van der Waals surface area (Å²) >= 11 is 0. The van der Waals surface area contributed by atoms with Gasteiger partial charge in [0.25, 0.3) is 5.91 Å². The number of aliphatic imine (C=N–C) groups is 2. The Morgan fingerprint density at radius 1 is 1.38 bits per heavy atom. The summed E-state index contributed by atoms with van der Waals surface area (Å²) in [5.74, 6) is -1.96. The lowest BCUT2D eigenvalue weighted by atomic mass is 10.1. The first-order valence-electron chi connectivity index (χ1n) is 9.32. The van der Waals surface area contributed by atoms with E-state index >= 15 is 0 Å². The van der Waals surface area contributed by atoms with Crippen LogP contribution in [0, 0.1) is 10.8 Å². The van der Waals surface area contributed by atoms with Crippen LogP contribution in [-0.2, 0) is 6.54 Å². The van der Waals surface area contributed by atoms with Crippen LogP contribution in [0.2, 0.25) is 0 Å². The number of pyridine rings is 1. The highest BCUT2D eigenvalue weighted by atomic mass is 16.3. The standard InChI is InChI=1S/C19H25N11O2/c1-10(21)16(31)15(27-4-6-30-5-3-26-9-30)18(23)29-17(22)14-11(8-20)12(25-2)7-13(28-14)19(24)32/h3,5,7-9,20,31H,4,6,21H2,1-2H3,(H2,24,32)(H,25,28)(H3,22,23,29)/b16-10+,20-8?,27-15?. The Kier molecular flexibility index (Phi) is 7.76. The van der Waals surface area contributed by atoms with Crippen LogP contribution in [0.5, 0.6) is 0 Å². The molecule has 2 aromatic heterocycles. The highest BCUT2D eigenvalue weighted by molar-refractivity contribution is 6.48. The zero-order chi connectivity index (χ0) is 23.8. The van der Waals surface area contributed by atoms with Crippen LogP contribution in [-0.4, -0.2) is 62.7 Å². The predicted molar refractivity (Wildman–Crippen MR) is 123 cm³/mol. The van der Waals surface area contributed by atoms with E-state index in [0.717, 1.165) is 6.21 Å². The van der Waals surface area contributed by atoms with E-state index in [0.29, 0.717) is 12.2 Å². The molecule has 0 fully saturated rings. The van der Waals surface area contributed by atoms with Gasteiger partial charge in [-0.15, -0.1) is 0 Å². The Bertz CT molecular complexity index is 1110. The molecule has 0 aliphatic rings. The number of allylic oxidation sites excluding steroid dienone is 1. The van der Waals surface area contributed by atoms with E-state index in [1.165, 1.54) is 13.0 Å². The molecule has 2 rings (SSSR count). The van der Waals surface area contributed by atoms with Gasteiger partial charge in [-0.1, -0.05) is 0 Å². The molecule has 0 unspecified atom stereocenters. The summed E-state index contributed by atoms with van der Waals surface area (Å²) in [5.41, 5.74) is 17.3. The van der Waals surface area contributed by atoms with Crippen molar-refractivity contribution in [3.8, 4) is 0 Å². The molecule has 13 nitrogen and oxygen atoms in total. The minimum atomic E-state index is -0.815.